The maximum Gasteiger partial charge on any atom is 0.263 e. The van der Waals surface area contributed by atoms with E-state index in [1.165, 1.54) is 23.6 Å². The van der Waals surface area contributed by atoms with Crippen LogP contribution in [-0.2, 0) is 31.2 Å². The maximum absolute atomic E-state index is 13.3. The molecule has 0 bridgehead atoms. The molecule has 1 amide bonds. The van der Waals surface area contributed by atoms with Gasteiger partial charge in [-0.2, -0.15) is 0 Å². The van der Waals surface area contributed by atoms with Crippen LogP contribution in [0.4, 0.5) is 0 Å². The summed E-state index contributed by atoms with van der Waals surface area (Å²) in [4.78, 5) is 27.7. The first-order valence-corrected chi connectivity index (χ1v) is 12.3. The molecule has 2 aliphatic heterocycles. The number of carbonyl (C=O) groups excluding carboxylic acids is 2. The average Bonchev–Trinajstić information content (AvgIpc) is 3.06. The number of aromatic nitrogens is 4. The number of fused-ring (bicyclic) bond motifs is 1. The highest BCUT2D eigenvalue weighted by Crippen LogP contribution is 2.48. The van der Waals surface area contributed by atoms with Crippen molar-refractivity contribution in [3.8, 4) is 0 Å². The fraction of sp³-hybridized carbons (Fsp3) is 0.722. The molecule has 12 heteroatoms. The van der Waals surface area contributed by atoms with Gasteiger partial charge in [0.15, 0.2) is 26.6 Å². The summed E-state index contributed by atoms with van der Waals surface area (Å²) < 4.78 is 33.4. The molecular formula is C18H27N5O5S2. The number of allylic oxidation sites excluding steroid dienone is 1. The number of Topliss-reactive ketones (excluding diaryl/α,β-unsaturated/α-hetero) is 1. The number of ether oxygens (including phenoxy) is 1. The minimum Gasteiger partial charge on any atom is -0.365 e. The van der Waals surface area contributed by atoms with Gasteiger partial charge >= 0.3 is 0 Å². The smallest absolute Gasteiger partial charge is 0.263 e. The van der Waals surface area contributed by atoms with E-state index in [0.29, 0.717) is 17.2 Å². The van der Waals surface area contributed by atoms with Gasteiger partial charge in [0.2, 0.25) is 5.16 Å². The lowest BCUT2D eigenvalue weighted by molar-refractivity contribution is -0.185. The molecule has 166 valence electrons. The van der Waals surface area contributed by atoms with Gasteiger partial charge in [-0.15, -0.1) is 5.10 Å². The number of methoxy groups -OCH3 is 1. The number of ketones is 1. The van der Waals surface area contributed by atoms with E-state index < -0.39 is 32.1 Å². The van der Waals surface area contributed by atoms with Gasteiger partial charge in [-0.25, -0.2) is 13.1 Å². The zero-order valence-electron chi connectivity index (χ0n) is 18.0. The van der Waals surface area contributed by atoms with Gasteiger partial charge in [0.25, 0.3) is 5.91 Å². The molecule has 0 saturated carbocycles. The Bertz CT molecular complexity index is 1010. The monoisotopic (exact) mass is 457 g/mol. The maximum atomic E-state index is 13.3. The topological polar surface area (TPSA) is 124 Å². The number of hydrogen-bond donors (Lipinski definition) is 0. The number of sulfone groups is 1. The SMILES string of the molecule is CCC[C@@]1(OC)C(=O)N2C(C(=O)C(C)(C)C)=C(CSc3nnnn3C)CS(=O)(=O)[C@H]21. The summed E-state index contributed by atoms with van der Waals surface area (Å²) in [7, 11) is -0.745. The number of aryl methyl sites for hydroxylation is 1. The Morgan fingerprint density at radius 3 is 2.53 bits per heavy atom. The molecule has 1 saturated heterocycles. The fourth-order valence-corrected chi connectivity index (χ4v) is 7.20. The van der Waals surface area contributed by atoms with Gasteiger partial charge in [-0.05, 0) is 22.4 Å². The number of nitrogens with zero attached hydrogens (tertiary/aromatic N) is 5. The Morgan fingerprint density at radius 1 is 1.37 bits per heavy atom. The Balaban J connectivity index is 2.10. The van der Waals surface area contributed by atoms with E-state index >= 15 is 0 Å². The number of carbonyl (C=O) groups is 2. The van der Waals surface area contributed by atoms with E-state index in [-0.39, 0.29) is 29.4 Å². The standard InChI is InChI=1S/C18H27N5O5S2/c1-7-8-18(28-6)14(25)23-12(13(24)17(2,3)4)11(10-30(26,27)15(18)23)9-29-16-19-20-21-22(16)5/h15H,7-10H2,1-6H3/t15-,18+/m0/s1. The highest BCUT2D eigenvalue weighted by atomic mass is 32.2. The Kier molecular flexibility index (Phi) is 5.89. The van der Waals surface area contributed by atoms with E-state index in [9.17, 15) is 18.0 Å². The van der Waals surface area contributed by atoms with Crippen molar-refractivity contribution in [1.29, 1.82) is 0 Å². The molecule has 0 spiro atoms. The van der Waals surface area contributed by atoms with Crippen molar-refractivity contribution >= 4 is 33.3 Å². The minimum atomic E-state index is -3.76. The van der Waals surface area contributed by atoms with Crippen molar-refractivity contribution in [2.75, 3.05) is 18.6 Å². The number of rotatable bonds is 7. The highest BCUT2D eigenvalue weighted by molar-refractivity contribution is 7.99. The first-order valence-electron chi connectivity index (χ1n) is 9.63. The highest BCUT2D eigenvalue weighted by Gasteiger charge is 2.69. The van der Waals surface area contributed by atoms with Crippen LogP contribution in [-0.4, -0.2) is 74.8 Å². The van der Waals surface area contributed by atoms with Gasteiger partial charge in [-0.1, -0.05) is 45.9 Å². The van der Waals surface area contributed by atoms with Crippen LogP contribution >= 0.6 is 11.8 Å². The zero-order valence-corrected chi connectivity index (χ0v) is 19.6. The zero-order chi connectivity index (χ0) is 22.5. The number of hydrogen-bond acceptors (Lipinski definition) is 9. The molecule has 0 N–H and O–H groups in total. The molecule has 3 heterocycles. The third-order valence-electron chi connectivity index (χ3n) is 5.34. The second-order valence-corrected chi connectivity index (χ2v) is 11.6. The van der Waals surface area contributed by atoms with Crippen LogP contribution in [0.5, 0.6) is 0 Å². The summed E-state index contributed by atoms with van der Waals surface area (Å²) in [5, 5.41) is 10.5. The second-order valence-electron chi connectivity index (χ2n) is 8.58. The van der Waals surface area contributed by atoms with Crippen molar-refractivity contribution < 1.29 is 22.7 Å². The van der Waals surface area contributed by atoms with Gasteiger partial charge in [-0.3, -0.25) is 14.5 Å². The van der Waals surface area contributed by atoms with E-state index in [1.807, 2.05) is 6.92 Å². The van der Waals surface area contributed by atoms with Crippen molar-refractivity contribution in [2.24, 2.45) is 12.5 Å². The molecule has 10 nitrogen and oxygen atoms in total. The summed E-state index contributed by atoms with van der Waals surface area (Å²) in [6.07, 6.45) is 0.849. The predicted octanol–water partition coefficient (Wildman–Crippen LogP) is 0.954. The van der Waals surface area contributed by atoms with Crippen LogP contribution in [0.2, 0.25) is 0 Å². The minimum absolute atomic E-state index is 0.165. The third-order valence-corrected chi connectivity index (χ3v) is 8.46. The van der Waals surface area contributed by atoms with E-state index in [2.05, 4.69) is 15.5 Å². The van der Waals surface area contributed by atoms with Crippen molar-refractivity contribution in [2.45, 2.75) is 56.7 Å². The summed E-state index contributed by atoms with van der Waals surface area (Å²) in [5.74, 6) is -0.889. The van der Waals surface area contributed by atoms with E-state index in [0.717, 1.165) is 4.90 Å². The molecule has 0 aliphatic carbocycles. The number of amides is 1. The molecule has 1 aromatic heterocycles. The third kappa shape index (κ3) is 3.48. The number of β-lactam (4-membered cyclic amide) rings is 1. The van der Waals surface area contributed by atoms with Crippen molar-refractivity contribution in [3.63, 3.8) is 0 Å². The molecule has 0 aromatic carbocycles. The van der Waals surface area contributed by atoms with Gasteiger partial charge in [0, 0.05) is 25.3 Å². The molecule has 30 heavy (non-hydrogen) atoms. The lowest BCUT2D eigenvalue weighted by Gasteiger charge is -2.56. The molecule has 2 aliphatic rings. The molecular weight excluding hydrogens is 430 g/mol. The van der Waals surface area contributed by atoms with Crippen LogP contribution in [0.1, 0.15) is 40.5 Å². The second kappa shape index (κ2) is 7.72. The fourth-order valence-electron chi connectivity index (χ4n) is 3.91. The van der Waals surface area contributed by atoms with Gasteiger partial charge < -0.3 is 4.74 Å². The summed E-state index contributed by atoms with van der Waals surface area (Å²) in [5.41, 5.74) is -1.68. The normalized spacial score (nSPS) is 25.9. The summed E-state index contributed by atoms with van der Waals surface area (Å²) in [6.45, 7) is 7.10. The molecule has 1 aromatic rings. The van der Waals surface area contributed by atoms with Crippen molar-refractivity contribution in [3.05, 3.63) is 11.3 Å². The molecule has 2 atom stereocenters. The first kappa shape index (κ1) is 22.9. The molecule has 3 rings (SSSR count). The van der Waals surface area contributed by atoms with Gasteiger partial charge in [0.1, 0.15) is 0 Å². The quantitative estimate of drug-likeness (QED) is 0.435. The number of tetrazole rings is 1. The Morgan fingerprint density at radius 2 is 2.03 bits per heavy atom. The first-order chi connectivity index (χ1) is 13.9. The largest absolute Gasteiger partial charge is 0.365 e. The van der Waals surface area contributed by atoms with E-state index in [4.69, 9.17) is 4.74 Å². The van der Waals surface area contributed by atoms with Crippen LogP contribution in [0.15, 0.2) is 16.4 Å². The Labute approximate surface area is 180 Å². The van der Waals surface area contributed by atoms with Crippen LogP contribution in [0, 0.1) is 5.41 Å². The van der Waals surface area contributed by atoms with Gasteiger partial charge in [0.05, 0.1) is 11.4 Å². The van der Waals surface area contributed by atoms with Crippen LogP contribution in [0.25, 0.3) is 0 Å². The lowest BCUT2D eigenvalue weighted by atomic mass is 9.81. The number of thioether (sulfide) groups is 1. The Hall–Kier alpha value is -1.79. The van der Waals surface area contributed by atoms with Crippen LogP contribution in [0.3, 0.4) is 0 Å². The predicted molar refractivity (Wildman–Crippen MR) is 110 cm³/mol. The molecule has 1 fully saturated rings. The average molecular weight is 458 g/mol. The molecule has 0 radical (unpaired) electrons. The van der Waals surface area contributed by atoms with Crippen molar-refractivity contribution in [1.82, 2.24) is 25.1 Å². The lowest BCUT2D eigenvalue weighted by Crippen LogP contribution is -2.78. The summed E-state index contributed by atoms with van der Waals surface area (Å²) in [6, 6.07) is 0. The van der Waals surface area contributed by atoms with E-state index in [1.54, 1.807) is 27.8 Å². The summed E-state index contributed by atoms with van der Waals surface area (Å²) >= 11 is 1.22. The van der Waals surface area contributed by atoms with Crippen LogP contribution < -0.4 is 0 Å². The molecule has 0 unspecified atom stereocenters.